The van der Waals surface area contributed by atoms with E-state index < -0.39 is 5.60 Å². The van der Waals surface area contributed by atoms with Crippen molar-refractivity contribution < 1.29 is 9.90 Å². The molecule has 0 aromatic carbocycles. The van der Waals surface area contributed by atoms with Crippen LogP contribution in [0.3, 0.4) is 0 Å². The Hall–Kier alpha value is -1.16. The summed E-state index contributed by atoms with van der Waals surface area (Å²) >= 11 is 0. The highest BCUT2D eigenvalue weighted by molar-refractivity contribution is 5.88. The number of aromatic nitrogens is 2. The van der Waals surface area contributed by atoms with Gasteiger partial charge < -0.3 is 5.11 Å². The lowest BCUT2D eigenvalue weighted by atomic mass is 9.90. The Kier molecular flexibility index (Phi) is 4.46. The van der Waals surface area contributed by atoms with Gasteiger partial charge in [-0.1, -0.05) is 13.8 Å². The maximum absolute atomic E-state index is 12.0. The second-order valence-corrected chi connectivity index (χ2v) is 4.72. The van der Waals surface area contributed by atoms with Crippen molar-refractivity contribution in [2.75, 3.05) is 0 Å². The lowest BCUT2D eigenvalue weighted by Gasteiger charge is -2.22. The first kappa shape index (κ1) is 13.9. The molecule has 0 radical (unpaired) electrons. The SMILES string of the molecule is CCC(O)(CC)C(=O)Cc1ccn(C(C)C)n1. The van der Waals surface area contributed by atoms with E-state index in [4.69, 9.17) is 0 Å². The van der Waals surface area contributed by atoms with E-state index in [0.29, 0.717) is 12.8 Å². The number of aliphatic hydroxyl groups is 1. The lowest BCUT2D eigenvalue weighted by molar-refractivity contribution is -0.137. The predicted octanol–water partition coefficient (Wildman–Crippen LogP) is 2.13. The van der Waals surface area contributed by atoms with Crippen LogP contribution in [-0.2, 0) is 11.2 Å². The van der Waals surface area contributed by atoms with Crippen LogP contribution in [0.25, 0.3) is 0 Å². The lowest BCUT2D eigenvalue weighted by Crippen LogP contribution is -2.38. The molecule has 0 atom stereocenters. The zero-order chi connectivity index (χ0) is 13.1. The third kappa shape index (κ3) is 3.16. The van der Waals surface area contributed by atoms with Crippen LogP contribution in [-0.4, -0.2) is 26.3 Å². The van der Waals surface area contributed by atoms with Gasteiger partial charge in [-0.25, -0.2) is 0 Å². The van der Waals surface area contributed by atoms with Gasteiger partial charge in [0, 0.05) is 12.2 Å². The Morgan fingerprint density at radius 3 is 2.47 bits per heavy atom. The Morgan fingerprint density at radius 2 is 2.06 bits per heavy atom. The average Bonchev–Trinajstić information content (AvgIpc) is 2.76. The van der Waals surface area contributed by atoms with Crippen molar-refractivity contribution in [3.63, 3.8) is 0 Å². The summed E-state index contributed by atoms with van der Waals surface area (Å²) in [5.41, 5.74) is -0.467. The first-order valence-corrected chi connectivity index (χ1v) is 6.22. The minimum Gasteiger partial charge on any atom is -0.382 e. The van der Waals surface area contributed by atoms with Crippen molar-refractivity contribution in [1.82, 2.24) is 9.78 Å². The zero-order valence-electron chi connectivity index (χ0n) is 11.1. The summed E-state index contributed by atoms with van der Waals surface area (Å²) < 4.78 is 1.82. The van der Waals surface area contributed by atoms with Gasteiger partial charge in [-0.15, -0.1) is 0 Å². The first-order valence-electron chi connectivity index (χ1n) is 6.22. The summed E-state index contributed by atoms with van der Waals surface area (Å²) in [7, 11) is 0. The van der Waals surface area contributed by atoms with E-state index >= 15 is 0 Å². The molecule has 0 unspecified atom stereocenters. The number of nitrogens with zero attached hydrogens (tertiary/aromatic N) is 2. The van der Waals surface area contributed by atoms with Crippen LogP contribution < -0.4 is 0 Å². The third-order valence-corrected chi connectivity index (χ3v) is 3.22. The Bertz CT molecular complexity index is 379. The minimum atomic E-state index is -1.19. The van der Waals surface area contributed by atoms with E-state index in [2.05, 4.69) is 5.10 Å². The molecule has 96 valence electrons. The van der Waals surface area contributed by atoms with E-state index in [1.165, 1.54) is 0 Å². The molecule has 1 aromatic heterocycles. The van der Waals surface area contributed by atoms with Crippen molar-refractivity contribution in [3.8, 4) is 0 Å². The van der Waals surface area contributed by atoms with E-state index in [0.717, 1.165) is 5.69 Å². The molecule has 1 N–H and O–H groups in total. The maximum Gasteiger partial charge on any atom is 0.170 e. The topological polar surface area (TPSA) is 55.1 Å². The molecular formula is C13H22N2O2. The summed E-state index contributed by atoms with van der Waals surface area (Å²) in [6, 6.07) is 2.12. The van der Waals surface area contributed by atoms with E-state index in [1.807, 2.05) is 44.6 Å². The van der Waals surface area contributed by atoms with Gasteiger partial charge in [-0.2, -0.15) is 5.10 Å². The molecule has 4 heteroatoms. The van der Waals surface area contributed by atoms with Crippen LogP contribution in [0.4, 0.5) is 0 Å². The molecule has 1 rings (SSSR count). The molecule has 0 bridgehead atoms. The Labute approximate surface area is 103 Å². The third-order valence-electron chi connectivity index (χ3n) is 3.22. The summed E-state index contributed by atoms with van der Waals surface area (Å²) in [6.45, 7) is 7.72. The van der Waals surface area contributed by atoms with Crippen LogP contribution in [0.1, 0.15) is 52.3 Å². The van der Waals surface area contributed by atoms with Crippen LogP contribution in [0, 0.1) is 0 Å². The Balaban J connectivity index is 2.74. The van der Waals surface area contributed by atoms with Gasteiger partial charge in [0.1, 0.15) is 5.60 Å². The molecule has 0 aliphatic carbocycles. The van der Waals surface area contributed by atoms with Gasteiger partial charge in [0.25, 0.3) is 0 Å². The first-order chi connectivity index (χ1) is 7.92. The molecule has 0 spiro atoms. The number of rotatable bonds is 6. The molecule has 17 heavy (non-hydrogen) atoms. The summed E-state index contributed by atoms with van der Waals surface area (Å²) in [6.07, 6.45) is 2.97. The van der Waals surface area contributed by atoms with E-state index in [9.17, 15) is 9.90 Å². The molecule has 0 saturated carbocycles. The zero-order valence-corrected chi connectivity index (χ0v) is 11.1. The van der Waals surface area contributed by atoms with Crippen molar-refractivity contribution in [3.05, 3.63) is 18.0 Å². The maximum atomic E-state index is 12.0. The fourth-order valence-corrected chi connectivity index (χ4v) is 1.73. The summed E-state index contributed by atoms with van der Waals surface area (Å²) in [5.74, 6) is -0.142. The molecule has 0 fully saturated rings. The smallest absolute Gasteiger partial charge is 0.170 e. The largest absolute Gasteiger partial charge is 0.382 e. The van der Waals surface area contributed by atoms with Gasteiger partial charge in [-0.3, -0.25) is 9.48 Å². The summed E-state index contributed by atoms with van der Waals surface area (Å²) in [4.78, 5) is 12.0. The number of hydrogen-bond acceptors (Lipinski definition) is 3. The van der Waals surface area contributed by atoms with Gasteiger partial charge in [0.05, 0.1) is 12.1 Å². The van der Waals surface area contributed by atoms with Crippen LogP contribution in [0.5, 0.6) is 0 Å². The van der Waals surface area contributed by atoms with Crippen LogP contribution in [0.15, 0.2) is 12.3 Å². The second-order valence-electron chi connectivity index (χ2n) is 4.72. The number of carbonyl (C=O) groups excluding carboxylic acids is 1. The highest BCUT2D eigenvalue weighted by Crippen LogP contribution is 2.18. The highest BCUT2D eigenvalue weighted by Gasteiger charge is 2.31. The number of Topliss-reactive ketones (excluding diaryl/α,β-unsaturated/α-hetero) is 1. The molecule has 4 nitrogen and oxygen atoms in total. The normalized spacial score (nSPS) is 12.1. The Morgan fingerprint density at radius 1 is 1.47 bits per heavy atom. The summed E-state index contributed by atoms with van der Waals surface area (Å²) in [5, 5.41) is 14.4. The van der Waals surface area contributed by atoms with Gasteiger partial charge in [0.2, 0.25) is 0 Å². The molecule has 0 saturated heterocycles. The highest BCUT2D eigenvalue weighted by atomic mass is 16.3. The molecule has 0 aliphatic heterocycles. The number of carbonyl (C=O) groups is 1. The molecule has 0 amide bonds. The van der Waals surface area contributed by atoms with E-state index in [1.54, 1.807) is 0 Å². The van der Waals surface area contributed by atoms with Crippen molar-refractivity contribution in [2.45, 2.75) is 58.6 Å². The molecule has 1 heterocycles. The molecular weight excluding hydrogens is 216 g/mol. The van der Waals surface area contributed by atoms with E-state index in [-0.39, 0.29) is 18.2 Å². The molecule has 0 aliphatic rings. The van der Waals surface area contributed by atoms with Gasteiger partial charge >= 0.3 is 0 Å². The standard InChI is InChI=1S/C13H22N2O2/c1-5-13(17,6-2)12(16)9-11-7-8-15(14-11)10(3)4/h7-8,10,17H,5-6,9H2,1-4H3. The van der Waals surface area contributed by atoms with Crippen LogP contribution >= 0.6 is 0 Å². The van der Waals surface area contributed by atoms with Crippen molar-refractivity contribution >= 4 is 5.78 Å². The molecule has 1 aromatic rings. The van der Waals surface area contributed by atoms with Crippen molar-refractivity contribution in [2.24, 2.45) is 0 Å². The van der Waals surface area contributed by atoms with Crippen LogP contribution in [0.2, 0.25) is 0 Å². The van der Waals surface area contributed by atoms with Gasteiger partial charge in [0.15, 0.2) is 5.78 Å². The fourth-order valence-electron chi connectivity index (χ4n) is 1.73. The number of ketones is 1. The minimum absolute atomic E-state index is 0.142. The number of hydrogen-bond donors (Lipinski definition) is 1. The predicted molar refractivity (Wildman–Crippen MR) is 66.9 cm³/mol. The average molecular weight is 238 g/mol. The quantitative estimate of drug-likeness (QED) is 0.826. The fraction of sp³-hybridized carbons (Fsp3) is 0.692. The monoisotopic (exact) mass is 238 g/mol. The second kappa shape index (κ2) is 5.45. The van der Waals surface area contributed by atoms with Crippen molar-refractivity contribution in [1.29, 1.82) is 0 Å². The van der Waals surface area contributed by atoms with Gasteiger partial charge in [-0.05, 0) is 32.8 Å².